The summed E-state index contributed by atoms with van der Waals surface area (Å²) in [5.41, 5.74) is 5.57. The fourth-order valence-corrected chi connectivity index (χ4v) is 3.53. The maximum absolute atomic E-state index is 12.7. The topological polar surface area (TPSA) is 68.5 Å². The van der Waals surface area contributed by atoms with Crippen molar-refractivity contribution in [2.75, 3.05) is 20.3 Å². The number of terminal acetylenes is 1. The molecule has 0 bridgehead atoms. The molecule has 3 aromatic rings. The van der Waals surface area contributed by atoms with Gasteiger partial charge in [0.15, 0.2) is 5.69 Å². The molecule has 1 aliphatic rings. The summed E-state index contributed by atoms with van der Waals surface area (Å²) in [6.45, 7) is 1.46. The Hall–Kier alpha value is -3.69. The van der Waals surface area contributed by atoms with Crippen molar-refractivity contribution in [1.82, 2.24) is 14.9 Å². The van der Waals surface area contributed by atoms with E-state index < -0.39 is 0 Å². The third kappa shape index (κ3) is 3.76. The molecular weight excluding hydrogens is 376 g/mol. The minimum Gasteiger partial charge on any atom is -0.385 e. The lowest BCUT2D eigenvalue weighted by atomic mass is 9.98. The van der Waals surface area contributed by atoms with Crippen LogP contribution >= 0.6 is 0 Å². The number of benzene rings is 2. The lowest BCUT2D eigenvalue weighted by Crippen LogP contribution is -2.26. The van der Waals surface area contributed by atoms with Crippen molar-refractivity contribution in [2.24, 2.45) is 4.99 Å². The molecular formula is C24H22N4O2. The van der Waals surface area contributed by atoms with Crippen LogP contribution in [0.4, 0.5) is 0 Å². The molecule has 0 fully saturated rings. The lowest BCUT2D eigenvalue weighted by molar-refractivity contribution is 0.0943. The molecule has 0 saturated carbocycles. The number of amides is 1. The predicted octanol–water partition coefficient (Wildman–Crippen LogP) is 2.97. The first kappa shape index (κ1) is 19.6. The Labute approximate surface area is 175 Å². The van der Waals surface area contributed by atoms with Gasteiger partial charge in [-0.15, -0.1) is 6.42 Å². The van der Waals surface area contributed by atoms with E-state index in [0.29, 0.717) is 25.4 Å². The van der Waals surface area contributed by atoms with Gasteiger partial charge in [-0.05, 0) is 24.6 Å². The second-order valence-electron chi connectivity index (χ2n) is 6.92. The molecule has 150 valence electrons. The molecule has 0 atom stereocenters. The molecule has 6 nitrogen and oxygen atoms in total. The van der Waals surface area contributed by atoms with Crippen LogP contribution in [0.25, 0.3) is 5.69 Å². The maximum Gasteiger partial charge on any atom is 0.271 e. The summed E-state index contributed by atoms with van der Waals surface area (Å²) in [6, 6.07) is 15.8. The van der Waals surface area contributed by atoms with Gasteiger partial charge in [-0.1, -0.05) is 36.3 Å². The Kier molecular flexibility index (Phi) is 5.73. The summed E-state index contributed by atoms with van der Waals surface area (Å²) >= 11 is 0. The first-order chi connectivity index (χ1) is 14.7. The highest BCUT2D eigenvalue weighted by atomic mass is 16.5. The highest BCUT2D eigenvalue weighted by molar-refractivity contribution is 6.15. The van der Waals surface area contributed by atoms with Crippen molar-refractivity contribution in [3.63, 3.8) is 0 Å². The molecule has 0 saturated heterocycles. The van der Waals surface area contributed by atoms with Gasteiger partial charge in [0.05, 0.1) is 23.6 Å². The van der Waals surface area contributed by atoms with Gasteiger partial charge in [0, 0.05) is 37.0 Å². The standard InChI is InChI=1S/C24H22N4O2/c1-3-17-10-11-20-19(14-17)22(18-8-5-4-6-9-18)26-15-21-23(27-16-28(20)21)24(29)25-12-7-13-30-2/h1,4-6,8-11,14,16H,7,12-13,15H2,2H3,(H,25,29). The minimum atomic E-state index is -0.208. The van der Waals surface area contributed by atoms with Crippen LogP contribution in [0, 0.1) is 12.3 Å². The average molecular weight is 398 g/mol. The second kappa shape index (κ2) is 8.76. The number of carbonyl (C=O) groups is 1. The molecule has 6 heteroatoms. The zero-order valence-corrected chi connectivity index (χ0v) is 16.8. The average Bonchev–Trinajstić information content (AvgIpc) is 3.14. The van der Waals surface area contributed by atoms with E-state index in [-0.39, 0.29) is 5.91 Å². The van der Waals surface area contributed by atoms with E-state index in [0.717, 1.165) is 40.2 Å². The van der Waals surface area contributed by atoms with E-state index in [9.17, 15) is 4.79 Å². The van der Waals surface area contributed by atoms with E-state index in [2.05, 4.69) is 16.2 Å². The van der Waals surface area contributed by atoms with Crippen LogP contribution in [-0.4, -0.2) is 41.4 Å². The Morgan fingerprint density at radius 2 is 2.10 bits per heavy atom. The van der Waals surface area contributed by atoms with Gasteiger partial charge >= 0.3 is 0 Å². The van der Waals surface area contributed by atoms with Crippen LogP contribution in [0.5, 0.6) is 0 Å². The molecule has 0 aliphatic carbocycles. The first-order valence-electron chi connectivity index (χ1n) is 9.77. The molecule has 4 rings (SSSR count). The zero-order chi connectivity index (χ0) is 20.9. The number of nitrogens with zero attached hydrogens (tertiary/aromatic N) is 3. The van der Waals surface area contributed by atoms with Crippen molar-refractivity contribution < 1.29 is 9.53 Å². The minimum absolute atomic E-state index is 0.208. The predicted molar refractivity (Wildman–Crippen MR) is 116 cm³/mol. The van der Waals surface area contributed by atoms with Gasteiger partial charge in [-0.25, -0.2) is 4.98 Å². The van der Waals surface area contributed by atoms with Crippen LogP contribution in [0.1, 0.15) is 39.3 Å². The van der Waals surface area contributed by atoms with E-state index in [1.165, 1.54) is 0 Å². The van der Waals surface area contributed by atoms with Gasteiger partial charge in [0.2, 0.25) is 0 Å². The summed E-state index contributed by atoms with van der Waals surface area (Å²) in [5.74, 6) is 2.49. The van der Waals surface area contributed by atoms with E-state index >= 15 is 0 Å². The summed E-state index contributed by atoms with van der Waals surface area (Å²) in [6.07, 6.45) is 8.06. The lowest BCUT2D eigenvalue weighted by Gasteiger charge is -2.12. The Balaban J connectivity index is 1.76. The summed E-state index contributed by atoms with van der Waals surface area (Å²) in [4.78, 5) is 22.0. The summed E-state index contributed by atoms with van der Waals surface area (Å²) in [5, 5.41) is 2.91. The molecule has 30 heavy (non-hydrogen) atoms. The fraction of sp³-hybridized carbons (Fsp3) is 0.208. The molecule has 0 unspecified atom stereocenters. The highest BCUT2D eigenvalue weighted by Gasteiger charge is 2.24. The van der Waals surface area contributed by atoms with E-state index in [1.807, 2.05) is 53.1 Å². The zero-order valence-electron chi connectivity index (χ0n) is 16.8. The van der Waals surface area contributed by atoms with E-state index in [4.69, 9.17) is 16.2 Å². The number of imidazole rings is 1. The van der Waals surface area contributed by atoms with Crippen molar-refractivity contribution in [2.45, 2.75) is 13.0 Å². The number of hydrogen-bond acceptors (Lipinski definition) is 4. The number of rotatable bonds is 6. The number of nitrogens with one attached hydrogen (secondary N) is 1. The van der Waals surface area contributed by atoms with Crippen molar-refractivity contribution >= 4 is 11.6 Å². The number of hydrogen-bond donors (Lipinski definition) is 1. The number of fused-ring (bicyclic) bond motifs is 3. The first-order valence-corrected chi connectivity index (χ1v) is 9.77. The normalized spacial score (nSPS) is 12.2. The monoisotopic (exact) mass is 398 g/mol. The fourth-order valence-electron chi connectivity index (χ4n) is 3.53. The number of carbonyl (C=O) groups excluding carboxylic acids is 1. The highest BCUT2D eigenvalue weighted by Crippen LogP contribution is 2.27. The third-order valence-corrected chi connectivity index (χ3v) is 5.00. The molecule has 1 aromatic heterocycles. The molecule has 1 aliphatic heterocycles. The van der Waals surface area contributed by atoms with Crippen LogP contribution in [0.2, 0.25) is 0 Å². The SMILES string of the molecule is C#Cc1ccc2c(c1)C(c1ccccc1)=NCc1c(C(=O)NCCCOC)ncn1-2. The molecule has 0 spiro atoms. The number of ether oxygens (including phenoxy) is 1. The van der Waals surface area contributed by atoms with Crippen LogP contribution < -0.4 is 5.32 Å². The smallest absolute Gasteiger partial charge is 0.271 e. The maximum atomic E-state index is 12.7. The quantitative estimate of drug-likeness (QED) is 0.513. The van der Waals surface area contributed by atoms with Crippen molar-refractivity contribution in [3.05, 3.63) is 82.9 Å². The molecule has 2 heterocycles. The Morgan fingerprint density at radius 3 is 2.87 bits per heavy atom. The number of aliphatic imine (C=N–C) groups is 1. The largest absolute Gasteiger partial charge is 0.385 e. The third-order valence-electron chi connectivity index (χ3n) is 5.00. The van der Waals surface area contributed by atoms with Crippen LogP contribution in [-0.2, 0) is 11.3 Å². The Bertz CT molecular complexity index is 1140. The van der Waals surface area contributed by atoms with Gasteiger partial charge < -0.3 is 10.1 Å². The summed E-state index contributed by atoms with van der Waals surface area (Å²) < 4.78 is 6.96. The number of methoxy groups -OCH3 is 1. The molecule has 2 aromatic carbocycles. The number of aromatic nitrogens is 2. The van der Waals surface area contributed by atoms with Crippen molar-refractivity contribution in [3.8, 4) is 18.0 Å². The van der Waals surface area contributed by atoms with Gasteiger partial charge in [0.1, 0.15) is 6.33 Å². The molecule has 1 amide bonds. The van der Waals surface area contributed by atoms with Gasteiger partial charge in [0.25, 0.3) is 5.91 Å². The second-order valence-corrected chi connectivity index (χ2v) is 6.92. The van der Waals surface area contributed by atoms with Gasteiger partial charge in [-0.2, -0.15) is 0 Å². The molecule has 0 radical (unpaired) electrons. The summed E-state index contributed by atoms with van der Waals surface area (Å²) in [7, 11) is 1.64. The van der Waals surface area contributed by atoms with Crippen LogP contribution in [0.3, 0.4) is 0 Å². The van der Waals surface area contributed by atoms with E-state index in [1.54, 1.807) is 13.4 Å². The molecule has 1 N–H and O–H groups in total. The van der Waals surface area contributed by atoms with Crippen LogP contribution in [0.15, 0.2) is 59.9 Å². The van der Waals surface area contributed by atoms with Gasteiger partial charge in [-0.3, -0.25) is 14.4 Å². The van der Waals surface area contributed by atoms with Crippen molar-refractivity contribution in [1.29, 1.82) is 0 Å². The Morgan fingerprint density at radius 1 is 1.27 bits per heavy atom.